The zero-order valence-electron chi connectivity index (χ0n) is 8.11. The Hall–Kier alpha value is -1.35. The monoisotopic (exact) mass is 263 g/mol. The lowest BCUT2D eigenvalue weighted by Crippen LogP contribution is -1.96. The number of pyridine rings is 1. The van der Waals surface area contributed by atoms with Gasteiger partial charge in [-0.25, -0.2) is 0 Å². The lowest BCUT2D eigenvalue weighted by molar-refractivity contribution is 0.360. The smallest absolute Gasteiger partial charge is 0.138 e. The maximum Gasteiger partial charge on any atom is 0.138 e. The molecule has 0 radical (unpaired) electrons. The fourth-order valence-electron chi connectivity index (χ4n) is 1.29. The van der Waals surface area contributed by atoms with Crippen LogP contribution in [0.25, 0.3) is 10.9 Å². The molecule has 76 valence electrons. The molecule has 0 bridgehead atoms. The number of fused-ring (bicyclic) bond motifs is 1. The Morgan fingerprint density at radius 2 is 2.20 bits per heavy atom. The molecule has 0 N–H and O–H groups in total. The molecule has 0 amide bonds. The van der Waals surface area contributed by atoms with Crippen LogP contribution in [0.5, 0.6) is 5.75 Å². The van der Waals surface area contributed by atoms with Gasteiger partial charge >= 0.3 is 0 Å². The molecule has 0 saturated heterocycles. The first-order chi connectivity index (χ1) is 7.25. The normalized spacial score (nSPS) is 10.2. The van der Waals surface area contributed by atoms with E-state index in [2.05, 4.69) is 27.5 Å². The summed E-state index contributed by atoms with van der Waals surface area (Å²) in [6.45, 7) is 4.16. The standard InChI is InChI=1S/C12H10BrNO/c1-9(13)8-15-11-6-10-4-2-3-5-12(10)14-7-11/h2-7H,1,8H2. The predicted octanol–water partition coefficient (Wildman–Crippen LogP) is 3.52. The first kappa shape index (κ1) is 10.2. The third-order valence-electron chi connectivity index (χ3n) is 1.96. The van der Waals surface area contributed by atoms with Gasteiger partial charge in [-0.2, -0.15) is 0 Å². The minimum atomic E-state index is 0.458. The SMILES string of the molecule is C=C(Br)COc1cnc2ccccc2c1. The highest BCUT2D eigenvalue weighted by atomic mass is 79.9. The van der Waals surface area contributed by atoms with Crippen molar-refractivity contribution in [2.75, 3.05) is 6.61 Å². The molecule has 0 unspecified atom stereocenters. The van der Waals surface area contributed by atoms with E-state index in [-0.39, 0.29) is 0 Å². The van der Waals surface area contributed by atoms with Gasteiger partial charge in [-0.3, -0.25) is 4.98 Å². The van der Waals surface area contributed by atoms with Crippen molar-refractivity contribution in [3.8, 4) is 5.75 Å². The molecule has 1 heterocycles. The molecule has 1 aromatic carbocycles. The highest BCUT2D eigenvalue weighted by Crippen LogP contribution is 2.18. The first-order valence-corrected chi connectivity index (χ1v) is 5.36. The van der Waals surface area contributed by atoms with Crippen LogP contribution in [0.15, 0.2) is 47.6 Å². The topological polar surface area (TPSA) is 22.1 Å². The average molecular weight is 264 g/mol. The van der Waals surface area contributed by atoms with Gasteiger partial charge < -0.3 is 4.74 Å². The van der Waals surface area contributed by atoms with E-state index in [9.17, 15) is 0 Å². The summed E-state index contributed by atoms with van der Waals surface area (Å²) in [4.78, 5) is 4.29. The van der Waals surface area contributed by atoms with Crippen LogP contribution in [0.4, 0.5) is 0 Å². The van der Waals surface area contributed by atoms with Crippen molar-refractivity contribution in [2.45, 2.75) is 0 Å². The van der Waals surface area contributed by atoms with Gasteiger partial charge in [0.15, 0.2) is 0 Å². The molecule has 2 nitrogen and oxygen atoms in total. The molecule has 0 aliphatic rings. The van der Waals surface area contributed by atoms with Crippen molar-refractivity contribution in [1.82, 2.24) is 4.98 Å². The van der Waals surface area contributed by atoms with Gasteiger partial charge in [-0.1, -0.05) is 40.7 Å². The first-order valence-electron chi connectivity index (χ1n) is 4.56. The molecule has 1 aromatic heterocycles. The molecule has 0 saturated carbocycles. The fraction of sp³-hybridized carbons (Fsp3) is 0.0833. The molecule has 2 aromatic rings. The average Bonchev–Trinajstić information content (AvgIpc) is 2.26. The van der Waals surface area contributed by atoms with E-state index in [4.69, 9.17) is 4.74 Å². The number of nitrogens with zero attached hydrogens (tertiary/aromatic N) is 1. The van der Waals surface area contributed by atoms with Crippen LogP contribution < -0.4 is 4.74 Å². The van der Waals surface area contributed by atoms with Crippen molar-refractivity contribution in [3.63, 3.8) is 0 Å². The maximum absolute atomic E-state index is 5.47. The maximum atomic E-state index is 5.47. The zero-order chi connectivity index (χ0) is 10.7. The molecule has 0 atom stereocenters. The highest BCUT2D eigenvalue weighted by Gasteiger charge is 1.98. The lowest BCUT2D eigenvalue weighted by Gasteiger charge is -2.05. The van der Waals surface area contributed by atoms with Crippen molar-refractivity contribution < 1.29 is 4.74 Å². The van der Waals surface area contributed by atoms with Crippen LogP contribution in [0.2, 0.25) is 0 Å². The summed E-state index contributed by atoms with van der Waals surface area (Å²) < 4.78 is 6.28. The molecular weight excluding hydrogens is 254 g/mol. The van der Waals surface area contributed by atoms with Gasteiger partial charge in [-0.05, 0) is 12.1 Å². The highest BCUT2D eigenvalue weighted by molar-refractivity contribution is 9.11. The number of hydrogen-bond donors (Lipinski definition) is 0. The molecule has 0 aliphatic heterocycles. The van der Waals surface area contributed by atoms with E-state index in [1.54, 1.807) is 6.20 Å². The third kappa shape index (κ3) is 2.57. The number of hydrogen-bond acceptors (Lipinski definition) is 2. The van der Waals surface area contributed by atoms with Crippen LogP contribution in [0.3, 0.4) is 0 Å². The van der Waals surface area contributed by atoms with Crippen molar-refractivity contribution in [3.05, 3.63) is 47.6 Å². The molecule has 0 aliphatic carbocycles. The molecular formula is C12H10BrNO. The fourth-order valence-corrected chi connectivity index (χ4v) is 1.41. The van der Waals surface area contributed by atoms with Crippen LogP contribution >= 0.6 is 15.9 Å². The molecule has 2 rings (SSSR count). The van der Waals surface area contributed by atoms with Crippen LogP contribution in [-0.4, -0.2) is 11.6 Å². The number of benzene rings is 1. The zero-order valence-corrected chi connectivity index (χ0v) is 9.70. The van der Waals surface area contributed by atoms with E-state index >= 15 is 0 Å². The summed E-state index contributed by atoms with van der Waals surface area (Å²) in [5.41, 5.74) is 0.975. The second kappa shape index (κ2) is 4.45. The Labute approximate surface area is 96.7 Å². The Balaban J connectivity index is 2.26. The van der Waals surface area contributed by atoms with Gasteiger partial charge in [0.1, 0.15) is 12.4 Å². The minimum Gasteiger partial charge on any atom is -0.487 e. The summed E-state index contributed by atoms with van der Waals surface area (Å²) in [7, 11) is 0. The van der Waals surface area contributed by atoms with Gasteiger partial charge in [0.05, 0.1) is 11.7 Å². The molecule has 0 spiro atoms. The van der Waals surface area contributed by atoms with Crippen molar-refractivity contribution >= 4 is 26.8 Å². The van der Waals surface area contributed by atoms with E-state index in [0.717, 1.165) is 21.1 Å². The van der Waals surface area contributed by atoms with Crippen LogP contribution in [0.1, 0.15) is 0 Å². The van der Waals surface area contributed by atoms with Crippen molar-refractivity contribution in [1.29, 1.82) is 0 Å². The molecule has 15 heavy (non-hydrogen) atoms. The molecule has 3 heteroatoms. The quantitative estimate of drug-likeness (QED) is 0.846. The van der Waals surface area contributed by atoms with E-state index in [1.807, 2.05) is 30.3 Å². The Morgan fingerprint density at radius 3 is 3.00 bits per heavy atom. The summed E-state index contributed by atoms with van der Waals surface area (Å²) in [6.07, 6.45) is 1.72. The minimum absolute atomic E-state index is 0.458. The van der Waals surface area contributed by atoms with Crippen LogP contribution in [0, 0.1) is 0 Å². The summed E-state index contributed by atoms with van der Waals surface area (Å²) >= 11 is 3.24. The third-order valence-corrected chi connectivity index (χ3v) is 2.19. The van der Waals surface area contributed by atoms with E-state index < -0.39 is 0 Å². The van der Waals surface area contributed by atoms with Gasteiger partial charge in [0.2, 0.25) is 0 Å². The van der Waals surface area contributed by atoms with E-state index in [0.29, 0.717) is 6.61 Å². The number of halogens is 1. The second-order valence-electron chi connectivity index (χ2n) is 3.17. The van der Waals surface area contributed by atoms with E-state index in [1.165, 1.54) is 0 Å². The number of rotatable bonds is 3. The largest absolute Gasteiger partial charge is 0.487 e. The van der Waals surface area contributed by atoms with Gasteiger partial charge in [0.25, 0.3) is 0 Å². The number of ether oxygens (including phenoxy) is 1. The van der Waals surface area contributed by atoms with Crippen molar-refractivity contribution in [2.24, 2.45) is 0 Å². The summed E-state index contributed by atoms with van der Waals surface area (Å²) in [6, 6.07) is 9.91. The second-order valence-corrected chi connectivity index (χ2v) is 4.29. The summed E-state index contributed by atoms with van der Waals surface area (Å²) in [5.74, 6) is 0.759. The Morgan fingerprint density at radius 1 is 1.40 bits per heavy atom. The van der Waals surface area contributed by atoms with Gasteiger partial charge in [0, 0.05) is 9.87 Å². The predicted molar refractivity (Wildman–Crippen MR) is 65.3 cm³/mol. The van der Waals surface area contributed by atoms with Crippen LogP contribution in [-0.2, 0) is 0 Å². The lowest BCUT2D eigenvalue weighted by atomic mass is 10.2. The van der Waals surface area contributed by atoms with Gasteiger partial charge in [-0.15, -0.1) is 0 Å². The Kier molecular flexibility index (Phi) is 3.02. The number of para-hydroxylation sites is 1. The molecule has 0 fully saturated rings. The number of aromatic nitrogens is 1. The Bertz CT molecular complexity index is 496. The summed E-state index contributed by atoms with van der Waals surface area (Å²) in [5, 5.41) is 1.08.